The summed E-state index contributed by atoms with van der Waals surface area (Å²) >= 11 is 0. The largest absolute Gasteiger partial charge is 0.309 e. The summed E-state index contributed by atoms with van der Waals surface area (Å²) in [6.07, 6.45) is 0. The average molecular weight is 1710 g/mol. The number of hydrogen-bond donors (Lipinski definition) is 0. The van der Waals surface area contributed by atoms with E-state index in [1.54, 1.807) is 0 Å². The zero-order valence-electron chi connectivity index (χ0n) is 74.7. The van der Waals surface area contributed by atoms with Crippen LogP contribution >= 0.6 is 0 Å². The lowest BCUT2D eigenvalue weighted by Crippen LogP contribution is -2.03. The van der Waals surface area contributed by atoms with Crippen LogP contribution in [0.3, 0.4) is 0 Å². The molecule has 0 aliphatic carbocycles. The monoisotopic (exact) mass is 1700 g/mol. The van der Waals surface area contributed by atoms with Crippen molar-refractivity contribution in [2.75, 3.05) is 0 Å². The lowest BCUT2D eigenvalue weighted by Gasteiger charge is -2.18. The Morgan fingerprint density at radius 3 is 0.805 bits per heavy atom. The minimum Gasteiger partial charge on any atom is -0.309 e. The van der Waals surface area contributed by atoms with E-state index >= 15 is 0 Å². The first-order chi connectivity index (χ1) is 65.3. The number of aromatic nitrogens is 10. The molecular weight excluding hydrogens is 1620 g/mol. The maximum absolute atomic E-state index is 5.30. The SMILES string of the molecule is Cc1cccc(-c2cc(-c3ccc(-n4c5ccc(-n6c7ccccc7c7ccccc76)cc5c5cc(-n6c7ccccc7c7ccccc76)ccc54)cc3C)nc(-c3cccc(C)c3)n2)c1.Cc1ccccc1-c1cc(-c2cc(C)c(-n3c4ccc(-n5c6ccccc6c6ccccc65)cc4c4cc(-n5c6ccccc6c6ccccc65)ccc43)c(C)c2)nc(-c2ccccc2C)n1. The molecule has 0 bridgehead atoms. The van der Waals surface area contributed by atoms with Crippen molar-refractivity contribution in [2.45, 2.75) is 48.5 Å². The second-order valence-electron chi connectivity index (χ2n) is 35.7. The molecular formula is C123H88N10. The van der Waals surface area contributed by atoms with E-state index < -0.39 is 0 Å². The number of fused-ring (bicyclic) bond motifs is 18. The predicted octanol–water partition coefficient (Wildman–Crippen LogP) is 31.7. The highest BCUT2D eigenvalue weighted by Gasteiger charge is 2.26. The number of para-hydroxylation sites is 8. The lowest BCUT2D eigenvalue weighted by atomic mass is 9.99. The molecule has 18 aromatic carbocycles. The van der Waals surface area contributed by atoms with Crippen molar-refractivity contribution in [3.8, 4) is 102 Å². The third-order valence-electron chi connectivity index (χ3n) is 27.4. The van der Waals surface area contributed by atoms with Gasteiger partial charge in [0.2, 0.25) is 0 Å². The van der Waals surface area contributed by atoms with E-state index in [9.17, 15) is 0 Å². The van der Waals surface area contributed by atoms with Crippen molar-refractivity contribution in [3.05, 3.63) is 445 Å². The predicted molar refractivity (Wildman–Crippen MR) is 556 cm³/mol. The van der Waals surface area contributed by atoms with Gasteiger partial charge in [0.15, 0.2) is 11.6 Å². The summed E-state index contributed by atoms with van der Waals surface area (Å²) in [5.74, 6) is 1.45. The third-order valence-corrected chi connectivity index (χ3v) is 27.4. The van der Waals surface area contributed by atoms with Crippen LogP contribution in [0.15, 0.2) is 406 Å². The summed E-state index contributed by atoms with van der Waals surface area (Å²) in [6, 6.07) is 148. The minimum absolute atomic E-state index is 0.719. The molecule has 8 heterocycles. The van der Waals surface area contributed by atoms with Gasteiger partial charge in [0, 0.05) is 126 Å². The smallest absolute Gasteiger partial charge is 0.160 e. The van der Waals surface area contributed by atoms with E-state index in [2.05, 4.69) is 482 Å². The average Bonchev–Trinajstić information content (AvgIpc) is 1.56. The number of rotatable bonds is 12. The minimum atomic E-state index is 0.719. The molecule has 0 radical (unpaired) electrons. The van der Waals surface area contributed by atoms with Gasteiger partial charge >= 0.3 is 0 Å². The Hall–Kier alpha value is -17.1. The van der Waals surface area contributed by atoms with E-state index in [1.807, 2.05) is 0 Å². The molecule has 26 aromatic rings. The van der Waals surface area contributed by atoms with E-state index in [4.69, 9.17) is 19.9 Å². The lowest BCUT2D eigenvalue weighted by molar-refractivity contribution is 1.11. The standard InChI is InChI=1S/C62H45N5.C61H43N5/c1-38-17-5-7-19-45(38)54-37-53(63-62(64-54)46-20-8-6-18-39(46)2)42-33-40(3)61(41(4)34-42)67-59-31-29-43(65-55-25-13-9-21-47(55)48-22-10-14-26-56(48)65)35-51(59)52-36-44(30-32-60(52)67)66-57-27-15-11-23-49(57)50-24-12-16-28-58(50)66;1-38-14-12-16-41(32-38)53-37-54(63-61(62-53)42-17-13-15-39(2)33-42)46-29-26-43(34-40(46)3)64-59-30-27-44(65-55-22-8-4-18-47(55)48-19-5-9-23-56(48)65)35-51(59)52-36-45(28-31-60(52)64)66-57-24-10-6-20-49(57)50-21-7-11-25-58(50)66/h5-37H,1-4H3;4-37H,1-3H3. The van der Waals surface area contributed by atoms with E-state index in [1.165, 1.54) is 142 Å². The maximum Gasteiger partial charge on any atom is 0.160 e. The quantitative estimate of drug-likeness (QED) is 0.122. The summed E-state index contributed by atoms with van der Waals surface area (Å²) < 4.78 is 14.6. The molecule has 26 rings (SSSR count). The Morgan fingerprint density at radius 1 is 0.158 bits per heavy atom. The van der Waals surface area contributed by atoms with Crippen LogP contribution in [0.5, 0.6) is 0 Å². The highest BCUT2D eigenvalue weighted by molar-refractivity contribution is 6.17. The molecule has 0 saturated heterocycles. The molecule has 0 spiro atoms. The molecule has 133 heavy (non-hydrogen) atoms. The van der Waals surface area contributed by atoms with Crippen LogP contribution in [-0.4, -0.2) is 47.3 Å². The molecule has 0 fully saturated rings. The van der Waals surface area contributed by atoms with Crippen LogP contribution in [0.1, 0.15) is 38.9 Å². The molecule has 0 atom stereocenters. The summed E-state index contributed by atoms with van der Waals surface area (Å²) in [6.45, 7) is 15.2. The first-order valence-corrected chi connectivity index (χ1v) is 45.7. The second kappa shape index (κ2) is 31.1. The molecule has 0 amide bonds. The Bertz CT molecular complexity index is 8630. The fraction of sp³-hybridized carbons (Fsp3) is 0.0569. The van der Waals surface area contributed by atoms with Crippen molar-refractivity contribution >= 4 is 131 Å². The van der Waals surface area contributed by atoms with Crippen LogP contribution < -0.4 is 0 Å². The Morgan fingerprint density at radius 2 is 0.436 bits per heavy atom. The van der Waals surface area contributed by atoms with Crippen molar-refractivity contribution < 1.29 is 0 Å². The van der Waals surface area contributed by atoms with Gasteiger partial charge in [0.1, 0.15) is 0 Å². The fourth-order valence-electron chi connectivity index (χ4n) is 21.4. The van der Waals surface area contributed by atoms with Crippen LogP contribution in [-0.2, 0) is 0 Å². The first-order valence-electron chi connectivity index (χ1n) is 45.7. The number of nitrogens with zero attached hydrogens (tertiary/aromatic N) is 10. The third kappa shape index (κ3) is 12.8. The molecule has 0 saturated carbocycles. The van der Waals surface area contributed by atoms with Gasteiger partial charge in [-0.25, -0.2) is 19.9 Å². The van der Waals surface area contributed by atoms with Crippen LogP contribution in [0, 0.1) is 48.5 Å². The van der Waals surface area contributed by atoms with Crippen molar-refractivity contribution in [2.24, 2.45) is 0 Å². The fourth-order valence-corrected chi connectivity index (χ4v) is 21.4. The Balaban J connectivity index is 0.000000143. The summed E-state index contributed by atoms with van der Waals surface area (Å²) in [5, 5.41) is 14.8. The second-order valence-corrected chi connectivity index (χ2v) is 35.7. The van der Waals surface area contributed by atoms with Crippen LogP contribution in [0.4, 0.5) is 0 Å². The van der Waals surface area contributed by atoms with E-state index in [0.29, 0.717) is 0 Å². The molecule has 10 heteroatoms. The summed E-state index contributed by atoms with van der Waals surface area (Å²) in [5.41, 5.74) is 39.1. The van der Waals surface area contributed by atoms with Crippen molar-refractivity contribution in [3.63, 3.8) is 0 Å². The van der Waals surface area contributed by atoms with Gasteiger partial charge in [-0.3, -0.25) is 0 Å². The van der Waals surface area contributed by atoms with Gasteiger partial charge in [-0.2, -0.15) is 0 Å². The first kappa shape index (κ1) is 78.2. The molecule has 0 aliphatic heterocycles. The Labute approximate surface area is 768 Å². The molecule has 0 unspecified atom stereocenters. The summed E-state index contributed by atoms with van der Waals surface area (Å²) in [7, 11) is 0. The maximum atomic E-state index is 5.30. The topological polar surface area (TPSA) is 81.1 Å². The number of benzene rings is 18. The van der Waals surface area contributed by atoms with Crippen molar-refractivity contribution in [1.29, 1.82) is 0 Å². The van der Waals surface area contributed by atoms with Crippen LogP contribution in [0.2, 0.25) is 0 Å². The zero-order valence-corrected chi connectivity index (χ0v) is 74.7. The van der Waals surface area contributed by atoms with Crippen molar-refractivity contribution in [1.82, 2.24) is 47.3 Å². The van der Waals surface area contributed by atoms with Gasteiger partial charge < -0.3 is 27.4 Å². The molecule has 630 valence electrons. The van der Waals surface area contributed by atoms with Gasteiger partial charge in [-0.05, 0) is 246 Å². The summed E-state index contributed by atoms with van der Waals surface area (Å²) in [4.78, 5) is 20.9. The van der Waals surface area contributed by atoms with Gasteiger partial charge in [-0.1, -0.05) is 248 Å². The Kier molecular flexibility index (Phi) is 18.3. The highest BCUT2D eigenvalue weighted by atomic mass is 15.0. The molecule has 10 nitrogen and oxygen atoms in total. The van der Waals surface area contributed by atoms with E-state index in [-0.39, 0.29) is 0 Å². The van der Waals surface area contributed by atoms with Gasteiger partial charge in [0.25, 0.3) is 0 Å². The van der Waals surface area contributed by atoms with E-state index in [0.717, 1.165) is 129 Å². The normalized spacial score (nSPS) is 11.9. The number of hydrogen-bond acceptors (Lipinski definition) is 4. The number of aryl methyl sites for hydroxylation is 7. The zero-order chi connectivity index (χ0) is 89.0. The van der Waals surface area contributed by atoms with Gasteiger partial charge in [-0.15, -0.1) is 0 Å². The highest BCUT2D eigenvalue weighted by Crippen LogP contribution is 2.46. The molecule has 0 N–H and O–H groups in total. The molecule has 8 aromatic heterocycles. The molecule has 0 aliphatic rings. The van der Waals surface area contributed by atoms with Gasteiger partial charge in [0.05, 0.1) is 94.7 Å². The van der Waals surface area contributed by atoms with Crippen LogP contribution in [0.25, 0.3) is 233 Å².